The maximum absolute atomic E-state index is 6.11. The second kappa shape index (κ2) is 12.2. The van der Waals surface area contributed by atoms with Crippen LogP contribution in [0.2, 0.25) is 0 Å². The van der Waals surface area contributed by atoms with E-state index in [0.717, 1.165) is 48.0 Å². The van der Waals surface area contributed by atoms with Crippen LogP contribution in [0.4, 0.5) is 0 Å². The van der Waals surface area contributed by atoms with Crippen LogP contribution >= 0.6 is 0 Å². The minimum Gasteiger partial charge on any atom is -0.378 e. The van der Waals surface area contributed by atoms with Gasteiger partial charge in [0.05, 0.1) is 6.10 Å². The molecule has 0 aliphatic heterocycles. The smallest absolute Gasteiger partial charge is 0.0575 e. The third-order valence-corrected chi connectivity index (χ3v) is 10.4. The Morgan fingerprint density at radius 1 is 0.581 bits per heavy atom. The summed E-state index contributed by atoms with van der Waals surface area (Å²) in [5.41, 5.74) is 0. The summed E-state index contributed by atoms with van der Waals surface area (Å²) >= 11 is 0. The first-order valence-electron chi connectivity index (χ1n) is 14.5. The van der Waals surface area contributed by atoms with E-state index in [-0.39, 0.29) is 0 Å². The van der Waals surface area contributed by atoms with Crippen LogP contribution in [0.15, 0.2) is 12.7 Å². The summed E-state index contributed by atoms with van der Waals surface area (Å²) in [5, 5.41) is 0. The fourth-order valence-electron chi connectivity index (χ4n) is 8.15. The van der Waals surface area contributed by atoms with E-state index in [1.807, 2.05) is 0 Å². The average molecular weight is 429 g/mol. The molecule has 0 aromatic rings. The fraction of sp³-hybridized carbons (Fsp3) is 0.933. The maximum atomic E-state index is 6.11. The van der Waals surface area contributed by atoms with Crippen LogP contribution < -0.4 is 0 Å². The normalized spacial score (nSPS) is 42.2. The predicted molar refractivity (Wildman–Crippen MR) is 133 cm³/mol. The van der Waals surface area contributed by atoms with Crippen molar-refractivity contribution in [2.24, 2.45) is 41.4 Å². The molecule has 178 valence electrons. The first-order chi connectivity index (χ1) is 15.3. The number of hydrogen-bond donors (Lipinski definition) is 0. The van der Waals surface area contributed by atoms with E-state index in [4.69, 9.17) is 4.74 Å². The molecule has 0 amide bonds. The molecule has 0 aromatic heterocycles. The molecule has 0 unspecified atom stereocenters. The second-order valence-electron chi connectivity index (χ2n) is 12.0. The van der Waals surface area contributed by atoms with Gasteiger partial charge in [0.1, 0.15) is 0 Å². The zero-order valence-electron chi connectivity index (χ0n) is 20.7. The summed E-state index contributed by atoms with van der Waals surface area (Å²) in [7, 11) is 0. The molecule has 0 aromatic carbocycles. The van der Waals surface area contributed by atoms with Crippen molar-refractivity contribution in [2.45, 2.75) is 129 Å². The molecule has 0 heterocycles. The van der Waals surface area contributed by atoms with Crippen molar-refractivity contribution in [2.75, 3.05) is 6.61 Å². The monoisotopic (exact) mass is 428 g/mol. The van der Waals surface area contributed by atoms with Crippen molar-refractivity contribution >= 4 is 0 Å². The molecule has 0 atom stereocenters. The molecule has 4 aliphatic rings. The molecule has 4 rings (SSSR count). The lowest BCUT2D eigenvalue weighted by Gasteiger charge is -2.43. The van der Waals surface area contributed by atoms with Crippen molar-refractivity contribution in [1.29, 1.82) is 0 Å². The van der Waals surface area contributed by atoms with Crippen LogP contribution in [0.5, 0.6) is 0 Å². The fourth-order valence-corrected chi connectivity index (χ4v) is 8.15. The molecular formula is C30H52O. The number of ether oxygens (including phenoxy) is 1. The SMILES string of the molecule is C=CC1CCC(C2CCC(C3CCC(C4CCC(OCCCC)CC4)CC3)CC2)CC1. The lowest BCUT2D eigenvalue weighted by Crippen LogP contribution is -2.32. The van der Waals surface area contributed by atoms with Gasteiger partial charge in [0, 0.05) is 6.61 Å². The van der Waals surface area contributed by atoms with Crippen LogP contribution in [0, 0.1) is 41.4 Å². The largest absolute Gasteiger partial charge is 0.378 e. The topological polar surface area (TPSA) is 9.23 Å². The Morgan fingerprint density at radius 2 is 0.935 bits per heavy atom. The number of rotatable bonds is 8. The highest BCUT2D eigenvalue weighted by Crippen LogP contribution is 2.48. The summed E-state index contributed by atoms with van der Waals surface area (Å²) in [4.78, 5) is 0. The van der Waals surface area contributed by atoms with Gasteiger partial charge in [-0.1, -0.05) is 19.4 Å². The minimum atomic E-state index is 0.584. The van der Waals surface area contributed by atoms with Crippen molar-refractivity contribution in [3.63, 3.8) is 0 Å². The highest BCUT2D eigenvalue weighted by molar-refractivity contribution is 4.90. The summed E-state index contributed by atoms with van der Waals surface area (Å²) in [6.07, 6.45) is 29.1. The summed E-state index contributed by atoms with van der Waals surface area (Å²) in [5.74, 6) is 7.15. The van der Waals surface area contributed by atoms with Crippen LogP contribution in [0.25, 0.3) is 0 Å². The highest BCUT2D eigenvalue weighted by atomic mass is 16.5. The van der Waals surface area contributed by atoms with Crippen molar-refractivity contribution in [3.8, 4) is 0 Å². The third-order valence-electron chi connectivity index (χ3n) is 10.4. The molecule has 0 saturated heterocycles. The Bertz CT molecular complexity index is 495. The van der Waals surface area contributed by atoms with Gasteiger partial charge in [-0.2, -0.15) is 0 Å². The zero-order chi connectivity index (χ0) is 21.5. The molecule has 31 heavy (non-hydrogen) atoms. The Labute approximate surface area is 194 Å². The van der Waals surface area contributed by atoms with Crippen molar-refractivity contribution in [1.82, 2.24) is 0 Å². The van der Waals surface area contributed by atoms with Crippen LogP contribution in [-0.4, -0.2) is 12.7 Å². The summed E-state index contributed by atoms with van der Waals surface area (Å²) in [6, 6.07) is 0. The summed E-state index contributed by atoms with van der Waals surface area (Å²) in [6.45, 7) is 7.29. The number of hydrogen-bond acceptors (Lipinski definition) is 1. The lowest BCUT2D eigenvalue weighted by molar-refractivity contribution is 0.00401. The van der Waals surface area contributed by atoms with Gasteiger partial charge < -0.3 is 4.74 Å². The van der Waals surface area contributed by atoms with Crippen LogP contribution in [-0.2, 0) is 4.74 Å². The molecule has 0 radical (unpaired) electrons. The Morgan fingerprint density at radius 3 is 1.29 bits per heavy atom. The van der Waals surface area contributed by atoms with E-state index in [2.05, 4.69) is 19.6 Å². The van der Waals surface area contributed by atoms with Gasteiger partial charge in [-0.15, -0.1) is 6.58 Å². The van der Waals surface area contributed by atoms with Crippen LogP contribution in [0.3, 0.4) is 0 Å². The average Bonchev–Trinajstić information content (AvgIpc) is 2.85. The van der Waals surface area contributed by atoms with Crippen molar-refractivity contribution < 1.29 is 4.74 Å². The van der Waals surface area contributed by atoms with E-state index < -0.39 is 0 Å². The Hall–Kier alpha value is -0.300. The zero-order valence-corrected chi connectivity index (χ0v) is 20.7. The molecule has 0 N–H and O–H groups in total. The lowest BCUT2D eigenvalue weighted by atomic mass is 9.63. The van der Waals surface area contributed by atoms with E-state index in [1.54, 1.807) is 51.4 Å². The van der Waals surface area contributed by atoms with Gasteiger partial charge in [-0.3, -0.25) is 0 Å². The van der Waals surface area contributed by atoms with E-state index in [9.17, 15) is 0 Å². The molecule has 4 saturated carbocycles. The second-order valence-corrected chi connectivity index (χ2v) is 12.0. The van der Waals surface area contributed by atoms with E-state index in [1.165, 1.54) is 64.2 Å². The van der Waals surface area contributed by atoms with E-state index in [0.29, 0.717) is 6.10 Å². The van der Waals surface area contributed by atoms with Gasteiger partial charge >= 0.3 is 0 Å². The molecule has 1 heteroatoms. The molecule has 0 bridgehead atoms. The Kier molecular flexibility index (Phi) is 9.42. The maximum Gasteiger partial charge on any atom is 0.0575 e. The van der Waals surface area contributed by atoms with E-state index >= 15 is 0 Å². The standard InChI is InChI=1S/C30H52O/c1-3-5-22-31-30-20-18-29(19-21-30)28-16-14-27(15-17-28)26-12-10-25(11-13-26)24-8-6-23(4-2)7-9-24/h4,23-30H,2-3,5-22H2,1H3. The van der Waals surface area contributed by atoms with Gasteiger partial charge in [-0.25, -0.2) is 0 Å². The first kappa shape index (κ1) is 23.8. The number of unbranched alkanes of at least 4 members (excludes halogenated alkanes) is 1. The van der Waals surface area contributed by atoms with Gasteiger partial charge in [0.25, 0.3) is 0 Å². The predicted octanol–water partition coefficient (Wildman–Crippen LogP) is 8.97. The molecule has 4 aliphatic carbocycles. The minimum absolute atomic E-state index is 0.584. The Balaban J connectivity index is 1.12. The number of allylic oxidation sites excluding steroid dienone is 1. The quantitative estimate of drug-likeness (QED) is 0.277. The van der Waals surface area contributed by atoms with Gasteiger partial charge in [0.2, 0.25) is 0 Å². The third kappa shape index (κ3) is 6.61. The van der Waals surface area contributed by atoms with Crippen molar-refractivity contribution in [3.05, 3.63) is 12.7 Å². The molecule has 4 fully saturated rings. The first-order valence-corrected chi connectivity index (χ1v) is 14.5. The van der Waals surface area contributed by atoms with Gasteiger partial charge in [0.15, 0.2) is 0 Å². The molecule has 1 nitrogen and oxygen atoms in total. The molecule has 0 spiro atoms. The molecular weight excluding hydrogens is 376 g/mol. The van der Waals surface area contributed by atoms with Crippen LogP contribution in [0.1, 0.15) is 122 Å². The summed E-state index contributed by atoms with van der Waals surface area (Å²) < 4.78 is 6.11. The highest BCUT2D eigenvalue weighted by Gasteiger charge is 2.36. The van der Waals surface area contributed by atoms with Gasteiger partial charge in [-0.05, 0) is 151 Å².